The number of alkyl halides is 1. The summed E-state index contributed by atoms with van der Waals surface area (Å²) in [5, 5.41) is 11.6. The van der Waals surface area contributed by atoms with Crippen molar-refractivity contribution in [3.8, 4) is 0 Å². The van der Waals surface area contributed by atoms with Gasteiger partial charge in [0.1, 0.15) is 17.5 Å². The van der Waals surface area contributed by atoms with Crippen LogP contribution in [0.15, 0.2) is 22.7 Å². The number of hydrogen-bond acceptors (Lipinski definition) is 2. The van der Waals surface area contributed by atoms with Crippen molar-refractivity contribution in [1.29, 1.82) is 0 Å². The van der Waals surface area contributed by atoms with E-state index in [9.17, 15) is 18.4 Å². The van der Waals surface area contributed by atoms with E-state index in [1.54, 1.807) is 6.07 Å². The minimum absolute atomic E-state index is 0.0299. The summed E-state index contributed by atoms with van der Waals surface area (Å²) in [6, 6.07) is 3.09. The quantitative estimate of drug-likeness (QED) is 0.851. The summed E-state index contributed by atoms with van der Waals surface area (Å²) < 4.78 is 27.7. The van der Waals surface area contributed by atoms with Crippen LogP contribution in [0.4, 0.5) is 13.6 Å². The normalized spacial score (nSPS) is 24.4. The molecule has 0 aromatic heterocycles. The van der Waals surface area contributed by atoms with Gasteiger partial charge in [0.05, 0.1) is 6.54 Å². The van der Waals surface area contributed by atoms with E-state index in [0.29, 0.717) is 10.0 Å². The first kappa shape index (κ1) is 16.7. The first-order chi connectivity index (χ1) is 10.2. The van der Waals surface area contributed by atoms with Crippen LogP contribution in [0, 0.1) is 5.82 Å². The summed E-state index contributed by atoms with van der Waals surface area (Å²) in [4.78, 5) is 24.0. The average Bonchev–Trinajstić information content (AvgIpc) is 2.71. The van der Waals surface area contributed by atoms with Crippen LogP contribution in [0.1, 0.15) is 18.9 Å². The van der Waals surface area contributed by atoms with Crippen molar-refractivity contribution in [2.24, 2.45) is 0 Å². The van der Waals surface area contributed by atoms with Crippen molar-refractivity contribution in [2.45, 2.75) is 31.6 Å². The first-order valence-electron chi connectivity index (χ1n) is 6.59. The van der Waals surface area contributed by atoms with Gasteiger partial charge in [0, 0.05) is 17.4 Å². The van der Waals surface area contributed by atoms with Crippen molar-refractivity contribution in [2.75, 3.05) is 6.54 Å². The van der Waals surface area contributed by atoms with Crippen molar-refractivity contribution in [1.82, 2.24) is 10.2 Å². The summed E-state index contributed by atoms with van der Waals surface area (Å²) in [5.74, 6) is -1.05. The molecule has 0 unspecified atom stereocenters. The molecule has 1 fully saturated rings. The number of benzene rings is 1. The third-order valence-electron chi connectivity index (χ3n) is 3.43. The molecule has 0 radical (unpaired) electrons. The summed E-state index contributed by atoms with van der Waals surface area (Å²) in [5.41, 5.74) is -1.22. The molecule has 5 nitrogen and oxygen atoms in total. The van der Waals surface area contributed by atoms with E-state index in [2.05, 4.69) is 21.2 Å². The minimum Gasteiger partial charge on any atom is -0.465 e. The van der Waals surface area contributed by atoms with E-state index in [1.807, 2.05) is 0 Å². The summed E-state index contributed by atoms with van der Waals surface area (Å²) in [6.07, 6.45) is -1.53. The fourth-order valence-corrected chi connectivity index (χ4v) is 3.01. The van der Waals surface area contributed by atoms with Crippen molar-refractivity contribution < 1.29 is 23.5 Å². The lowest BCUT2D eigenvalue weighted by atomic mass is 10.0. The Morgan fingerprint density at radius 3 is 2.77 bits per heavy atom. The number of nitrogens with zero attached hydrogens (tertiary/aromatic N) is 1. The molecule has 2 atom stereocenters. The molecular formula is C14H15BrF2N2O3. The van der Waals surface area contributed by atoms with Crippen molar-refractivity contribution in [3.63, 3.8) is 0 Å². The third kappa shape index (κ3) is 3.94. The van der Waals surface area contributed by atoms with Crippen LogP contribution in [0.25, 0.3) is 0 Å². The van der Waals surface area contributed by atoms with Gasteiger partial charge in [0.25, 0.3) is 0 Å². The number of hydrogen-bond donors (Lipinski definition) is 2. The van der Waals surface area contributed by atoms with Gasteiger partial charge < -0.3 is 10.4 Å². The highest BCUT2D eigenvalue weighted by Gasteiger charge is 2.46. The highest BCUT2D eigenvalue weighted by atomic mass is 79.9. The molecule has 1 aromatic rings. The molecule has 120 valence electrons. The monoisotopic (exact) mass is 376 g/mol. The fraction of sp³-hybridized carbons (Fsp3) is 0.429. The van der Waals surface area contributed by atoms with Crippen LogP contribution >= 0.6 is 15.9 Å². The molecule has 2 rings (SSSR count). The summed E-state index contributed by atoms with van der Waals surface area (Å²) >= 11 is 3.14. The number of amides is 2. The van der Waals surface area contributed by atoms with Gasteiger partial charge in [-0.25, -0.2) is 13.6 Å². The van der Waals surface area contributed by atoms with Crippen molar-refractivity contribution >= 4 is 27.9 Å². The topological polar surface area (TPSA) is 69.6 Å². The number of carboxylic acid groups (broad SMARTS) is 1. The van der Waals surface area contributed by atoms with Crippen LogP contribution in [0.3, 0.4) is 0 Å². The van der Waals surface area contributed by atoms with Crippen LogP contribution < -0.4 is 5.32 Å². The Hall–Kier alpha value is -1.70. The molecule has 0 spiro atoms. The summed E-state index contributed by atoms with van der Waals surface area (Å²) in [7, 11) is 0. The van der Waals surface area contributed by atoms with Gasteiger partial charge in [-0.1, -0.05) is 15.9 Å². The molecule has 8 heteroatoms. The zero-order chi connectivity index (χ0) is 16.5. The molecule has 2 amide bonds. The van der Waals surface area contributed by atoms with E-state index in [1.165, 1.54) is 19.1 Å². The lowest BCUT2D eigenvalue weighted by molar-refractivity contribution is -0.125. The zero-order valence-corrected chi connectivity index (χ0v) is 13.4. The van der Waals surface area contributed by atoms with E-state index in [4.69, 9.17) is 5.11 Å². The second-order valence-corrected chi connectivity index (χ2v) is 6.45. The van der Waals surface area contributed by atoms with Gasteiger partial charge in [-0.3, -0.25) is 9.69 Å². The number of carbonyl (C=O) groups is 2. The maximum atomic E-state index is 14.0. The summed E-state index contributed by atoms with van der Waals surface area (Å²) in [6.45, 7) is 0.952. The smallest absolute Gasteiger partial charge is 0.408 e. The van der Waals surface area contributed by atoms with Gasteiger partial charge in [-0.05, 0) is 30.7 Å². The Morgan fingerprint density at radius 2 is 2.18 bits per heavy atom. The van der Waals surface area contributed by atoms with Crippen LogP contribution in [0.5, 0.6) is 0 Å². The maximum absolute atomic E-state index is 14.0. The molecule has 2 N–H and O–H groups in total. The Kier molecular flexibility index (Phi) is 4.69. The third-order valence-corrected chi connectivity index (χ3v) is 3.89. The predicted octanol–water partition coefficient (Wildman–Crippen LogP) is 2.68. The molecule has 0 saturated carbocycles. The minimum atomic E-state index is -1.73. The molecule has 0 bridgehead atoms. The second kappa shape index (κ2) is 6.20. The Labute approximate surface area is 134 Å². The number of likely N-dealkylation sites (tertiary alicyclic amines) is 1. The number of carbonyl (C=O) groups excluding carboxylic acids is 1. The average molecular weight is 377 g/mol. The molecule has 1 heterocycles. The van der Waals surface area contributed by atoms with Gasteiger partial charge >= 0.3 is 6.09 Å². The molecular weight excluding hydrogens is 362 g/mol. The molecule has 1 aliphatic heterocycles. The van der Waals surface area contributed by atoms with E-state index in [0.717, 1.165) is 4.90 Å². The molecule has 1 aromatic carbocycles. The molecule has 1 aliphatic rings. The largest absolute Gasteiger partial charge is 0.465 e. The number of nitrogens with one attached hydrogen (secondary N) is 1. The lowest BCUT2D eigenvalue weighted by Crippen LogP contribution is -2.45. The first-order valence-corrected chi connectivity index (χ1v) is 7.38. The van der Waals surface area contributed by atoms with E-state index >= 15 is 0 Å². The number of halogens is 3. The van der Waals surface area contributed by atoms with Gasteiger partial charge in [0.15, 0.2) is 0 Å². The van der Waals surface area contributed by atoms with Crippen molar-refractivity contribution in [3.05, 3.63) is 34.1 Å². The van der Waals surface area contributed by atoms with Gasteiger partial charge in [-0.2, -0.15) is 0 Å². The molecule has 22 heavy (non-hydrogen) atoms. The SMILES string of the molecule is C[C@@]1(F)C[C@@H](C(=O)NCc2cc(F)cc(Br)c2)N(C(=O)O)C1. The fourth-order valence-electron chi connectivity index (χ4n) is 2.50. The second-order valence-electron chi connectivity index (χ2n) is 5.54. The standard InChI is InChI=1S/C14H15BrF2N2O3/c1-14(17)5-11(19(7-14)13(21)22)12(20)18-6-8-2-9(15)4-10(16)3-8/h2-4,11H,5-7H2,1H3,(H,18,20)(H,21,22)/t11-,14+/m0/s1. The molecule has 1 saturated heterocycles. The predicted molar refractivity (Wildman–Crippen MR) is 78.6 cm³/mol. The van der Waals surface area contributed by atoms with E-state index < -0.39 is 29.5 Å². The molecule has 0 aliphatic carbocycles. The zero-order valence-electron chi connectivity index (χ0n) is 11.8. The maximum Gasteiger partial charge on any atom is 0.408 e. The Bertz CT molecular complexity index is 590. The van der Waals surface area contributed by atoms with Crippen LogP contribution in [-0.4, -0.2) is 40.3 Å². The highest BCUT2D eigenvalue weighted by molar-refractivity contribution is 9.10. The Balaban J connectivity index is 2.03. The lowest BCUT2D eigenvalue weighted by Gasteiger charge is -2.20. The van der Waals surface area contributed by atoms with E-state index in [-0.39, 0.29) is 19.5 Å². The highest BCUT2D eigenvalue weighted by Crippen LogP contribution is 2.30. The van der Waals surface area contributed by atoms with Crippen LogP contribution in [-0.2, 0) is 11.3 Å². The Morgan fingerprint density at radius 1 is 1.50 bits per heavy atom. The van der Waals surface area contributed by atoms with Gasteiger partial charge in [0.2, 0.25) is 5.91 Å². The van der Waals surface area contributed by atoms with Gasteiger partial charge in [-0.15, -0.1) is 0 Å². The van der Waals surface area contributed by atoms with Crippen LogP contribution in [0.2, 0.25) is 0 Å². The number of rotatable bonds is 3.